The van der Waals surface area contributed by atoms with Gasteiger partial charge < -0.3 is 15.4 Å². The van der Waals surface area contributed by atoms with E-state index in [1.54, 1.807) is 7.11 Å². The summed E-state index contributed by atoms with van der Waals surface area (Å²) in [5.41, 5.74) is 1.96. The third kappa shape index (κ3) is 6.07. The van der Waals surface area contributed by atoms with E-state index in [0.717, 1.165) is 42.8 Å². The summed E-state index contributed by atoms with van der Waals surface area (Å²) in [7, 11) is 1.65. The van der Waals surface area contributed by atoms with Crippen LogP contribution in [0.2, 0.25) is 0 Å². The number of amides is 2. The molecule has 1 aliphatic heterocycles. The summed E-state index contributed by atoms with van der Waals surface area (Å²) in [6.45, 7) is 3.94. The van der Waals surface area contributed by atoms with Crippen LogP contribution in [-0.2, 0) is 16.0 Å². The van der Waals surface area contributed by atoms with E-state index in [-0.39, 0.29) is 23.8 Å². The summed E-state index contributed by atoms with van der Waals surface area (Å²) in [5, 5.41) is 6.01. The standard InChI is InChI=1S/C24H31N3O3/c1-18(23(28)25-15-14-19-10-12-22(30-2)13-11-19)27-16-6-7-20(17-27)24(29)26-21-8-4-3-5-9-21/h3-5,8-13,18,20H,6-7,14-17H2,1-2H3,(H,25,28)(H,26,29)/t18-,20+/m0/s1. The molecule has 2 amide bonds. The lowest BCUT2D eigenvalue weighted by atomic mass is 9.95. The maximum absolute atomic E-state index is 12.6. The maximum atomic E-state index is 12.6. The fourth-order valence-corrected chi connectivity index (χ4v) is 3.77. The van der Waals surface area contributed by atoms with E-state index in [1.165, 1.54) is 0 Å². The van der Waals surface area contributed by atoms with E-state index in [1.807, 2.05) is 61.5 Å². The molecule has 0 unspecified atom stereocenters. The Balaban J connectivity index is 1.45. The van der Waals surface area contributed by atoms with Crippen LogP contribution in [0.4, 0.5) is 5.69 Å². The van der Waals surface area contributed by atoms with Crippen molar-refractivity contribution in [1.82, 2.24) is 10.2 Å². The van der Waals surface area contributed by atoms with Crippen molar-refractivity contribution in [2.45, 2.75) is 32.2 Å². The molecule has 1 fully saturated rings. The number of rotatable bonds is 8. The molecule has 0 saturated carbocycles. The van der Waals surface area contributed by atoms with Gasteiger partial charge >= 0.3 is 0 Å². The second-order valence-electron chi connectivity index (χ2n) is 7.75. The number of carbonyl (C=O) groups is 2. The van der Waals surface area contributed by atoms with Crippen molar-refractivity contribution in [3.05, 3.63) is 60.2 Å². The van der Waals surface area contributed by atoms with Gasteiger partial charge in [-0.3, -0.25) is 14.5 Å². The number of para-hydroxylation sites is 1. The molecule has 3 rings (SSSR count). The minimum atomic E-state index is -0.256. The molecular weight excluding hydrogens is 378 g/mol. The van der Waals surface area contributed by atoms with Gasteiger partial charge in [-0.2, -0.15) is 0 Å². The molecule has 0 aromatic heterocycles. The number of nitrogens with one attached hydrogen (secondary N) is 2. The third-order valence-corrected chi connectivity index (χ3v) is 5.66. The fourth-order valence-electron chi connectivity index (χ4n) is 3.77. The Labute approximate surface area is 178 Å². The molecule has 0 aliphatic carbocycles. The van der Waals surface area contributed by atoms with Crippen LogP contribution in [0, 0.1) is 5.92 Å². The molecule has 2 aromatic rings. The number of likely N-dealkylation sites (tertiary alicyclic amines) is 1. The van der Waals surface area contributed by atoms with Crippen molar-refractivity contribution in [3.8, 4) is 5.75 Å². The zero-order chi connectivity index (χ0) is 21.3. The lowest BCUT2D eigenvalue weighted by Crippen LogP contribution is -2.51. The highest BCUT2D eigenvalue weighted by atomic mass is 16.5. The Kier molecular flexibility index (Phi) is 7.85. The van der Waals surface area contributed by atoms with Crippen molar-refractivity contribution in [2.75, 3.05) is 32.1 Å². The van der Waals surface area contributed by atoms with Gasteiger partial charge in [0.1, 0.15) is 5.75 Å². The minimum Gasteiger partial charge on any atom is -0.497 e. The zero-order valence-corrected chi connectivity index (χ0v) is 17.8. The lowest BCUT2D eigenvalue weighted by molar-refractivity contribution is -0.129. The summed E-state index contributed by atoms with van der Waals surface area (Å²) >= 11 is 0. The van der Waals surface area contributed by atoms with Gasteiger partial charge in [-0.1, -0.05) is 30.3 Å². The molecule has 2 atom stereocenters. The first kappa shape index (κ1) is 21.8. The second kappa shape index (κ2) is 10.8. The predicted molar refractivity (Wildman–Crippen MR) is 119 cm³/mol. The Morgan fingerprint density at radius 1 is 1.13 bits per heavy atom. The molecule has 2 aromatic carbocycles. The van der Waals surface area contributed by atoms with Gasteiger partial charge in [-0.05, 0) is 62.6 Å². The van der Waals surface area contributed by atoms with Crippen molar-refractivity contribution in [2.24, 2.45) is 5.92 Å². The first-order chi connectivity index (χ1) is 14.6. The normalized spacial score (nSPS) is 17.7. The highest BCUT2D eigenvalue weighted by Crippen LogP contribution is 2.20. The minimum absolute atomic E-state index is 0.00706. The quantitative estimate of drug-likeness (QED) is 0.703. The number of benzene rings is 2. The Bertz CT molecular complexity index is 823. The molecule has 0 bridgehead atoms. The van der Waals surface area contributed by atoms with E-state index in [0.29, 0.717) is 13.1 Å². The van der Waals surface area contributed by atoms with Crippen LogP contribution < -0.4 is 15.4 Å². The van der Waals surface area contributed by atoms with Crippen molar-refractivity contribution in [3.63, 3.8) is 0 Å². The van der Waals surface area contributed by atoms with Gasteiger partial charge in [0.25, 0.3) is 0 Å². The van der Waals surface area contributed by atoms with Crippen LogP contribution in [0.15, 0.2) is 54.6 Å². The van der Waals surface area contributed by atoms with E-state index in [2.05, 4.69) is 15.5 Å². The molecule has 160 valence electrons. The molecule has 6 nitrogen and oxygen atoms in total. The van der Waals surface area contributed by atoms with Crippen LogP contribution >= 0.6 is 0 Å². The molecule has 1 aliphatic rings. The average Bonchev–Trinajstić information content (AvgIpc) is 2.79. The van der Waals surface area contributed by atoms with Crippen molar-refractivity contribution >= 4 is 17.5 Å². The summed E-state index contributed by atoms with van der Waals surface area (Å²) in [6.07, 6.45) is 2.53. The highest BCUT2D eigenvalue weighted by Gasteiger charge is 2.30. The highest BCUT2D eigenvalue weighted by molar-refractivity contribution is 5.92. The van der Waals surface area contributed by atoms with Gasteiger partial charge in [-0.25, -0.2) is 0 Å². The molecular formula is C24H31N3O3. The summed E-state index contributed by atoms with van der Waals surface area (Å²) in [5.74, 6) is 0.756. The fraction of sp³-hybridized carbons (Fsp3) is 0.417. The van der Waals surface area contributed by atoms with Gasteiger partial charge in [-0.15, -0.1) is 0 Å². The molecule has 1 heterocycles. The molecule has 1 saturated heterocycles. The van der Waals surface area contributed by atoms with Crippen molar-refractivity contribution < 1.29 is 14.3 Å². The number of carbonyl (C=O) groups excluding carboxylic acids is 2. The monoisotopic (exact) mass is 409 g/mol. The zero-order valence-electron chi connectivity index (χ0n) is 17.8. The second-order valence-corrected chi connectivity index (χ2v) is 7.75. The van der Waals surface area contributed by atoms with Gasteiger partial charge in [0.2, 0.25) is 11.8 Å². The first-order valence-electron chi connectivity index (χ1n) is 10.6. The number of nitrogens with zero attached hydrogens (tertiary/aromatic N) is 1. The predicted octanol–water partition coefficient (Wildman–Crippen LogP) is 3.09. The number of ether oxygens (including phenoxy) is 1. The Hall–Kier alpha value is -2.86. The largest absolute Gasteiger partial charge is 0.497 e. The summed E-state index contributed by atoms with van der Waals surface area (Å²) < 4.78 is 5.17. The summed E-state index contributed by atoms with van der Waals surface area (Å²) in [4.78, 5) is 27.4. The van der Waals surface area contributed by atoms with Crippen LogP contribution in [0.25, 0.3) is 0 Å². The molecule has 0 radical (unpaired) electrons. The molecule has 6 heteroatoms. The van der Waals surface area contributed by atoms with E-state index in [4.69, 9.17) is 4.74 Å². The average molecular weight is 410 g/mol. The number of piperidine rings is 1. The first-order valence-corrected chi connectivity index (χ1v) is 10.6. The Morgan fingerprint density at radius 2 is 1.87 bits per heavy atom. The number of hydrogen-bond donors (Lipinski definition) is 2. The Morgan fingerprint density at radius 3 is 2.57 bits per heavy atom. The van der Waals surface area contributed by atoms with Crippen LogP contribution in [0.1, 0.15) is 25.3 Å². The summed E-state index contributed by atoms with van der Waals surface area (Å²) in [6, 6.07) is 17.1. The van der Waals surface area contributed by atoms with Crippen LogP contribution in [0.5, 0.6) is 5.75 Å². The van der Waals surface area contributed by atoms with Crippen molar-refractivity contribution in [1.29, 1.82) is 0 Å². The number of anilines is 1. The molecule has 2 N–H and O–H groups in total. The topological polar surface area (TPSA) is 70.7 Å². The smallest absolute Gasteiger partial charge is 0.237 e. The SMILES string of the molecule is COc1ccc(CCNC(=O)[C@H](C)N2CCC[C@@H](C(=O)Nc3ccccc3)C2)cc1. The van der Waals surface area contributed by atoms with Crippen LogP contribution in [-0.4, -0.2) is 49.5 Å². The van der Waals surface area contributed by atoms with Gasteiger partial charge in [0, 0.05) is 18.8 Å². The number of hydrogen-bond acceptors (Lipinski definition) is 4. The maximum Gasteiger partial charge on any atom is 0.237 e. The van der Waals surface area contributed by atoms with Gasteiger partial charge in [0.05, 0.1) is 19.1 Å². The molecule has 0 spiro atoms. The van der Waals surface area contributed by atoms with E-state index < -0.39 is 0 Å². The lowest BCUT2D eigenvalue weighted by Gasteiger charge is -2.35. The van der Waals surface area contributed by atoms with Crippen LogP contribution in [0.3, 0.4) is 0 Å². The van der Waals surface area contributed by atoms with E-state index in [9.17, 15) is 9.59 Å². The number of methoxy groups -OCH3 is 1. The third-order valence-electron chi connectivity index (χ3n) is 5.66. The molecule has 30 heavy (non-hydrogen) atoms. The van der Waals surface area contributed by atoms with Gasteiger partial charge in [0.15, 0.2) is 0 Å². The van der Waals surface area contributed by atoms with E-state index >= 15 is 0 Å².